The minimum atomic E-state index is -0.366. The van der Waals surface area contributed by atoms with Gasteiger partial charge in [-0.05, 0) is 32.7 Å². The number of rotatable bonds is 5. The first kappa shape index (κ1) is 13.4. The zero-order chi connectivity index (χ0) is 11.9. The normalized spacial score (nSPS) is 24.8. The Bertz CT molecular complexity index is 267. The van der Waals surface area contributed by atoms with E-state index in [1.54, 1.807) is 11.8 Å². The van der Waals surface area contributed by atoms with E-state index in [1.807, 2.05) is 6.92 Å². The van der Waals surface area contributed by atoms with E-state index in [9.17, 15) is 4.79 Å². The van der Waals surface area contributed by atoms with Crippen molar-refractivity contribution in [1.29, 1.82) is 0 Å². The second kappa shape index (κ2) is 6.82. The lowest BCUT2D eigenvalue weighted by Crippen LogP contribution is -2.57. The van der Waals surface area contributed by atoms with Crippen molar-refractivity contribution in [3.8, 4) is 12.3 Å². The highest BCUT2D eigenvalue weighted by atomic mass is 32.2. The number of piperidine rings is 1. The number of hydrogen-bond donors (Lipinski definition) is 2. The van der Waals surface area contributed by atoms with E-state index in [1.165, 1.54) is 6.42 Å². The largest absolute Gasteiger partial charge is 0.354 e. The molecule has 0 aromatic rings. The van der Waals surface area contributed by atoms with Crippen LogP contribution in [0.25, 0.3) is 0 Å². The van der Waals surface area contributed by atoms with Crippen LogP contribution >= 0.6 is 11.8 Å². The smallest absolute Gasteiger partial charge is 0.240 e. The number of nitrogens with one attached hydrogen (secondary N) is 2. The third-order valence-electron chi connectivity index (χ3n) is 2.84. The lowest BCUT2D eigenvalue weighted by Gasteiger charge is -2.33. The highest BCUT2D eigenvalue weighted by Gasteiger charge is 2.33. The molecule has 1 fully saturated rings. The van der Waals surface area contributed by atoms with Crippen LogP contribution in [0.5, 0.6) is 0 Å². The standard InChI is InChI=1S/C12H20N2OS/c1-3-9-16-10-8-13-11(15)12(2)6-4-5-7-14-12/h1,14H,4-10H2,2H3,(H,13,15). The van der Waals surface area contributed by atoms with E-state index in [2.05, 4.69) is 16.6 Å². The van der Waals surface area contributed by atoms with Gasteiger partial charge in [0.25, 0.3) is 0 Å². The summed E-state index contributed by atoms with van der Waals surface area (Å²) in [6.45, 7) is 3.62. The van der Waals surface area contributed by atoms with Crippen molar-refractivity contribution in [3.63, 3.8) is 0 Å². The molecule has 1 atom stereocenters. The number of terminal acetylenes is 1. The summed E-state index contributed by atoms with van der Waals surface area (Å²) in [6, 6.07) is 0. The zero-order valence-electron chi connectivity index (χ0n) is 9.84. The predicted molar refractivity (Wildman–Crippen MR) is 69.4 cm³/mol. The fourth-order valence-electron chi connectivity index (χ4n) is 1.81. The number of amides is 1. The third kappa shape index (κ3) is 4.07. The van der Waals surface area contributed by atoms with Gasteiger partial charge < -0.3 is 10.6 Å². The van der Waals surface area contributed by atoms with E-state index in [-0.39, 0.29) is 11.4 Å². The summed E-state index contributed by atoms with van der Waals surface area (Å²) in [4.78, 5) is 11.9. The highest BCUT2D eigenvalue weighted by molar-refractivity contribution is 7.99. The Balaban J connectivity index is 2.21. The van der Waals surface area contributed by atoms with Crippen molar-refractivity contribution in [2.24, 2.45) is 0 Å². The van der Waals surface area contributed by atoms with Crippen LogP contribution in [-0.2, 0) is 4.79 Å². The summed E-state index contributed by atoms with van der Waals surface area (Å²) in [7, 11) is 0. The van der Waals surface area contributed by atoms with E-state index in [0.29, 0.717) is 12.3 Å². The lowest BCUT2D eigenvalue weighted by molar-refractivity contribution is -0.127. The van der Waals surface area contributed by atoms with Crippen LogP contribution in [0.15, 0.2) is 0 Å². The molecule has 1 aliphatic rings. The molecule has 0 spiro atoms. The molecule has 0 radical (unpaired) electrons. The molecule has 1 saturated heterocycles. The van der Waals surface area contributed by atoms with Crippen molar-refractivity contribution in [1.82, 2.24) is 10.6 Å². The molecule has 0 aliphatic carbocycles. The molecule has 1 rings (SSSR count). The Morgan fingerprint density at radius 3 is 3.06 bits per heavy atom. The molecule has 3 nitrogen and oxygen atoms in total. The molecule has 2 N–H and O–H groups in total. The fraction of sp³-hybridized carbons (Fsp3) is 0.750. The Morgan fingerprint density at radius 1 is 1.62 bits per heavy atom. The van der Waals surface area contributed by atoms with Gasteiger partial charge in [-0.15, -0.1) is 18.2 Å². The second-order valence-corrected chi connectivity index (χ2v) is 5.33. The van der Waals surface area contributed by atoms with Gasteiger partial charge in [0.05, 0.1) is 11.3 Å². The third-order valence-corrected chi connectivity index (χ3v) is 3.70. The minimum Gasteiger partial charge on any atom is -0.354 e. The average molecular weight is 240 g/mol. The van der Waals surface area contributed by atoms with Crippen LogP contribution in [-0.4, -0.2) is 36.0 Å². The maximum Gasteiger partial charge on any atom is 0.240 e. The molecular formula is C12H20N2OS. The summed E-state index contributed by atoms with van der Waals surface area (Å²) in [6.07, 6.45) is 8.36. The Labute approximate surface area is 102 Å². The maximum absolute atomic E-state index is 11.9. The molecule has 1 heterocycles. The van der Waals surface area contributed by atoms with E-state index in [4.69, 9.17) is 6.42 Å². The van der Waals surface area contributed by atoms with E-state index >= 15 is 0 Å². The zero-order valence-corrected chi connectivity index (χ0v) is 10.7. The van der Waals surface area contributed by atoms with E-state index < -0.39 is 0 Å². The van der Waals surface area contributed by atoms with Crippen LogP contribution < -0.4 is 10.6 Å². The molecule has 1 unspecified atom stereocenters. The molecule has 0 saturated carbocycles. The molecule has 90 valence electrons. The molecule has 0 aromatic carbocycles. The van der Waals surface area contributed by atoms with Crippen LogP contribution in [0.3, 0.4) is 0 Å². The molecule has 4 heteroatoms. The summed E-state index contributed by atoms with van der Waals surface area (Å²) >= 11 is 1.67. The van der Waals surface area contributed by atoms with Gasteiger partial charge in [-0.3, -0.25) is 4.79 Å². The highest BCUT2D eigenvalue weighted by Crippen LogP contribution is 2.18. The lowest BCUT2D eigenvalue weighted by atomic mass is 9.90. The first-order valence-corrected chi connectivity index (χ1v) is 6.89. The van der Waals surface area contributed by atoms with Gasteiger partial charge in [0, 0.05) is 12.3 Å². The van der Waals surface area contributed by atoms with Crippen molar-refractivity contribution in [2.45, 2.75) is 31.7 Å². The first-order chi connectivity index (χ1) is 7.69. The van der Waals surface area contributed by atoms with Crippen LogP contribution in [0.1, 0.15) is 26.2 Å². The second-order valence-electron chi connectivity index (χ2n) is 4.23. The summed E-state index contributed by atoms with van der Waals surface area (Å²) in [5, 5.41) is 6.26. The van der Waals surface area contributed by atoms with Crippen molar-refractivity contribution >= 4 is 17.7 Å². The Morgan fingerprint density at radius 2 is 2.44 bits per heavy atom. The molecule has 16 heavy (non-hydrogen) atoms. The average Bonchev–Trinajstić information content (AvgIpc) is 2.29. The van der Waals surface area contributed by atoms with E-state index in [0.717, 1.165) is 25.1 Å². The fourth-order valence-corrected chi connectivity index (χ4v) is 2.32. The summed E-state index contributed by atoms with van der Waals surface area (Å²) in [5.41, 5.74) is -0.366. The molecule has 0 bridgehead atoms. The van der Waals surface area contributed by atoms with Gasteiger partial charge in [-0.1, -0.05) is 5.92 Å². The van der Waals surface area contributed by atoms with Gasteiger partial charge in [-0.2, -0.15) is 0 Å². The first-order valence-electron chi connectivity index (χ1n) is 5.73. The molecule has 1 amide bonds. The number of thioether (sulfide) groups is 1. The maximum atomic E-state index is 11.9. The number of carbonyl (C=O) groups is 1. The van der Waals surface area contributed by atoms with Crippen molar-refractivity contribution in [3.05, 3.63) is 0 Å². The van der Waals surface area contributed by atoms with Crippen LogP contribution in [0.4, 0.5) is 0 Å². The molecule has 0 aromatic heterocycles. The van der Waals surface area contributed by atoms with Gasteiger partial charge in [0.15, 0.2) is 0 Å². The number of carbonyl (C=O) groups excluding carboxylic acids is 1. The summed E-state index contributed by atoms with van der Waals surface area (Å²) < 4.78 is 0. The monoisotopic (exact) mass is 240 g/mol. The summed E-state index contributed by atoms with van der Waals surface area (Å²) in [5.74, 6) is 4.28. The van der Waals surface area contributed by atoms with Gasteiger partial charge in [0.2, 0.25) is 5.91 Å². The minimum absolute atomic E-state index is 0.119. The SMILES string of the molecule is C#CCSCCNC(=O)C1(C)CCCCN1. The van der Waals surface area contributed by atoms with Gasteiger partial charge >= 0.3 is 0 Å². The van der Waals surface area contributed by atoms with Crippen molar-refractivity contribution < 1.29 is 4.79 Å². The van der Waals surface area contributed by atoms with Gasteiger partial charge in [-0.25, -0.2) is 0 Å². The number of hydrogen-bond acceptors (Lipinski definition) is 3. The Hall–Kier alpha value is -0.660. The molecular weight excluding hydrogens is 220 g/mol. The van der Waals surface area contributed by atoms with Crippen LogP contribution in [0.2, 0.25) is 0 Å². The van der Waals surface area contributed by atoms with Crippen molar-refractivity contribution in [2.75, 3.05) is 24.6 Å². The predicted octanol–water partition coefficient (Wildman–Crippen LogP) is 1.00. The van der Waals surface area contributed by atoms with Gasteiger partial charge in [0.1, 0.15) is 0 Å². The quantitative estimate of drug-likeness (QED) is 0.556. The van der Waals surface area contributed by atoms with Crippen LogP contribution in [0, 0.1) is 12.3 Å². The molecule has 1 aliphatic heterocycles. The Kier molecular flexibility index (Phi) is 5.72. The topological polar surface area (TPSA) is 41.1 Å².